The molecule has 0 aliphatic carbocycles. The summed E-state index contributed by atoms with van der Waals surface area (Å²) in [5.74, 6) is -8.41. The summed E-state index contributed by atoms with van der Waals surface area (Å²) < 4.78 is 23.6. The molecule has 0 radical (unpaired) electrons. The molecule has 0 aromatic heterocycles. The van der Waals surface area contributed by atoms with Gasteiger partial charge in [-0.25, -0.2) is 0 Å². The average Bonchev–Trinajstić information content (AvgIpc) is 3.49. The lowest BCUT2D eigenvalue weighted by Crippen LogP contribution is -2.46. The van der Waals surface area contributed by atoms with Crippen molar-refractivity contribution in [3.8, 4) is 23.0 Å². The summed E-state index contributed by atoms with van der Waals surface area (Å²) in [6, 6.07) is 0. The van der Waals surface area contributed by atoms with Crippen LogP contribution in [0.3, 0.4) is 0 Å². The number of aliphatic hydroxyl groups excluding tert-OH is 2. The summed E-state index contributed by atoms with van der Waals surface area (Å²) >= 11 is 0. The van der Waals surface area contributed by atoms with E-state index < -0.39 is 88.8 Å². The van der Waals surface area contributed by atoms with E-state index in [9.17, 15) is 39.9 Å². The van der Waals surface area contributed by atoms with Gasteiger partial charge in [0.05, 0.1) is 53.0 Å². The number of nitrogens with one attached hydrogen (secondary N) is 1. The number of nitrogens with zero attached hydrogens (tertiary/aromatic N) is 3. The normalized spacial score (nSPS) is 31.3. The lowest BCUT2D eigenvalue weighted by molar-refractivity contribution is -0.160. The third-order valence-corrected chi connectivity index (χ3v) is 12.1. The van der Waals surface area contributed by atoms with E-state index in [1.807, 2.05) is 6.08 Å². The standard InChI is InChI=1S/C45H60N4O12/c1-11-16-48-17-19-49(20-18-48)46-22-30-35-40(55)33-32(39(30)54)34-42(28(7)38(33)53)61-45(9,43(34)56)59-21-15-31(58-10)25(4)41(60-29(8)50)27(6)37(52)26(5)36(51)23(2)13-12-14-24(3)44(57)47-35/h11-15,21-23,25-27,31,36-37,41,51-55H,1,16-20H2,2-10H3,(H,47,57)/b13-12+,21-15+,24-14-,46-22-/t23-,25+,26+,27+,31-,36-,37+,41+,45-/m0/s1. The van der Waals surface area contributed by atoms with Crippen LogP contribution in [-0.4, -0.2) is 129 Å². The number of rotatable bonds is 6. The Hall–Kier alpha value is -5.42. The quantitative estimate of drug-likeness (QED) is 0.0750. The number of phenols is 3. The molecule has 4 aliphatic rings. The van der Waals surface area contributed by atoms with Gasteiger partial charge < -0.3 is 49.8 Å². The molecule has 16 heteroatoms. The Balaban J connectivity index is 1.69. The van der Waals surface area contributed by atoms with Gasteiger partial charge in [-0.1, -0.05) is 52.0 Å². The number of carbonyl (C=O) groups excluding carboxylic acids is 3. The number of allylic oxidation sites excluding steroid dienone is 2. The van der Waals surface area contributed by atoms with Gasteiger partial charge >= 0.3 is 11.8 Å². The van der Waals surface area contributed by atoms with Gasteiger partial charge in [0.1, 0.15) is 23.4 Å². The van der Waals surface area contributed by atoms with Crippen molar-refractivity contribution in [3.63, 3.8) is 0 Å². The number of amides is 1. The molecule has 61 heavy (non-hydrogen) atoms. The van der Waals surface area contributed by atoms with Crippen molar-refractivity contribution >= 4 is 40.3 Å². The van der Waals surface area contributed by atoms with E-state index >= 15 is 0 Å². The first-order valence-corrected chi connectivity index (χ1v) is 20.5. The summed E-state index contributed by atoms with van der Waals surface area (Å²) in [7, 11) is 1.44. The van der Waals surface area contributed by atoms with Crippen molar-refractivity contribution in [1.82, 2.24) is 9.91 Å². The molecule has 2 aromatic rings. The van der Waals surface area contributed by atoms with E-state index in [1.54, 1.807) is 44.9 Å². The number of ketones is 1. The van der Waals surface area contributed by atoms with Crippen LogP contribution in [0.25, 0.3) is 10.8 Å². The number of ether oxygens (including phenoxy) is 4. The number of aliphatic hydroxyl groups is 2. The number of anilines is 1. The fourth-order valence-electron chi connectivity index (χ4n) is 8.23. The molecule has 4 aliphatic heterocycles. The largest absolute Gasteiger partial charge is 0.507 e. The maximum Gasteiger partial charge on any atom is 0.312 e. The van der Waals surface area contributed by atoms with Crippen LogP contribution in [-0.2, 0) is 23.8 Å². The molecule has 0 saturated carbocycles. The molecule has 5 bridgehead atoms. The summed E-state index contributed by atoms with van der Waals surface area (Å²) in [5.41, 5.74) is -0.384. The highest BCUT2D eigenvalue weighted by Crippen LogP contribution is 2.55. The summed E-state index contributed by atoms with van der Waals surface area (Å²) in [6.45, 7) is 19.5. The molecule has 1 fully saturated rings. The monoisotopic (exact) mass is 848 g/mol. The van der Waals surface area contributed by atoms with Gasteiger partial charge in [-0.15, -0.1) is 6.58 Å². The molecule has 2 aromatic carbocycles. The van der Waals surface area contributed by atoms with Crippen molar-refractivity contribution in [2.24, 2.45) is 28.8 Å². The second-order valence-electron chi connectivity index (χ2n) is 16.4. The molecule has 0 spiro atoms. The molecule has 1 saturated heterocycles. The van der Waals surface area contributed by atoms with Crippen LogP contribution in [0.4, 0.5) is 5.69 Å². The number of carbonyl (C=O) groups is 3. The highest BCUT2D eigenvalue weighted by molar-refractivity contribution is 6.23. The predicted octanol–water partition coefficient (Wildman–Crippen LogP) is 4.89. The summed E-state index contributed by atoms with van der Waals surface area (Å²) in [5, 5.41) is 67.1. The van der Waals surface area contributed by atoms with Crippen molar-refractivity contribution in [3.05, 3.63) is 65.5 Å². The molecular weight excluding hydrogens is 789 g/mol. The minimum Gasteiger partial charge on any atom is -0.507 e. The lowest BCUT2D eigenvalue weighted by atomic mass is 9.78. The molecule has 16 nitrogen and oxygen atoms in total. The molecule has 6 rings (SSSR count). The first-order chi connectivity index (χ1) is 28.8. The number of fused-ring (bicyclic) bond motifs is 14. The Labute approximate surface area is 356 Å². The van der Waals surface area contributed by atoms with Crippen molar-refractivity contribution in [1.29, 1.82) is 0 Å². The number of hydrogen-bond donors (Lipinski definition) is 6. The first kappa shape index (κ1) is 46.6. The number of phenolic OH excluding ortho intramolecular Hbond substituents is 3. The molecule has 6 N–H and O–H groups in total. The van der Waals surface area contributed by atoms with Gasteiger partial charge in [0.15, 0.2) is 5.75 Å². The van der Waals surface area contributed by atoms with Gasteiger partial charge in [-0.2, -0.15) is 5.10 Å². The van der Waals surface area contributed by atoms with Gasteiger partial charge in [-0.05, 0) is 19.9 Å². The smallest absolute Gasteiger partial charge is 0.312 e. The van der Waals surface area contributed by atoms with Gasteiger partial charge in [-0.3, -0.25) is 24.3 Å². The van der Waals surface area contributed by atoms with Crippen LogP contribution in [0.15, 0.2) is 53.9 Å². The second-order valence-corrected chi connectivity index (χ2v) is 16.4. The van der Waals surface area contributed by atoms with Crippen LogP contribution in [0.5, 0.6) is 23.0 Å². The number of esters is 1. The van der Waals surface area contributed by atoms with E-state index in [0.717, 1.165) is 0 Å². The molecule has 0 unspecified atom stereocenters. The third-order valence-electron chi connectivity index (χ3n) is 12.1. The molecule has 332 valence electrons. The van der Waals surface area contributed by atoms with Crippen LogP contribution >= 0.6 is 0 Å². The highest BCUT2D eigenvalue weighted by atomic mass is 16.7. The molecule has 9 atom stereocenters. The van der Waals surface area contributed by atoms with E-state index in [4.69, 9.17) is 18.9 Å². The number of aromatic hydroxyl groups is 3. The van der Waals surface area contributed by atoms with Crippen LogP contribution in [0, 0.1) is 30.6 Å². The number of piperazine rings is 1. The Morgan fingerprint density at radius 1 is 0.984 bits per heavy atom. The minimum absolute atomic E-state index is 0.0513. The number of Topliss-reactive ketones (excluding diaryl/α,β-unsaturated/α-hetero) is 1. The fraction of sp³-hybridized carbons (Fsp3) is 0.511. The number of benzene rings is 2. The van der Waals surface area contributed by atoms with Crippen LogP contribution < -0.4 is 10.1 Å². The third kappa shape index (κ3) is 9.42. The van der Waals surface area contributed by atoms with Crippen molar-refractivity contribution in [2.45, 2.75) is 85.6 Å². The first-order valence-electron chi connectivity index (χ1n) is 20.5. The fourth-order valence-corrected chi connectivity index (χ4v) is 8.23. The Bertz CT molecular complexity index is 2140. The van der Waals surface area contributed by atoms with Gasteiger partial charge in [0, 0.05) is 93.9 Å². The topological polar surface area (TPSA) is 220 Å². The zero-order valence-electron chi connectivity index (χ0n) is 36.3. The van der Waals surface area contributed by atoms with Crippen LogP contribution in [0.2, 0.25) is 0 Å². The van der Waals surface area contributed by atoms with Crippen molar-refractivity contribution in [2.75, 3.05) is 45.2 Å². The minimum atomic E-state index is -2.05. The summed E-state index contributed by atoms with van der Waals surface area (Å²) in [6.07, 6.45) is 6.65. The zero-order valence-corrected chi connectivity index (χ0v) is 36.3. The Morgan fingerprint density at radius 3 is 2.28 bits per heavy atom. The highest BCUT2D eigenvalue weighted by Gasteiger charge is 2.50. The van der Waals surface area contributed by atoms with Gasteiger partial charge in [0.25, 0.3) is 11.7 Å². The van der Waals surface area contributed by atoms with Gasteiger partial charge in [0.2, 0.25) is 0 Å². The molecular formula is C45H60N4O12. The number of methoxy groups -OCH3 is 1. The van der Waals surface area contributed by atoms with E-state index in [1.165, 1.54) is 59.4 Å². The maximum atomic E-state index is 14.5. The average molecular weight is 849 g/mol. The molecule has 4 heterocycles. The summed E-state index contributed by atoms with van der Waals surface area (Å²) in [4.78, 5) is 42.8. The SMILES string of the molecule is C=CCN1CCN(/N=C\c2c3c(O)c4c(O)c(C)c5c(c4c2O)C(=O)[C@@](C)(O/C=C/[C@H](OC)[C@@H](C)[C@@H](OC(C)=O)[C@H](C)[C@H](O)[C@H](C)[C@@H](O)[C@@H](C)/C=C/C=C(/C)C(=O)N3)O5)CC1. The zero-order chi connectivity index (χ0) is 45.1. The van der Waals surface area contributed by atoms with E-state index in [2.05, 4.69) is 21.9 Å². The number of hydrogen-bond acceptors (Lipinski definition) is 15. The van der Waals surface area contributed by atoms with Crippen LogP contribution in [0.1, 0.15) is 70.0 Å². The Morgan fingerprint density at radius 2 is 1.66 bits per heavy atom. The predicted molar refractivity (Wildman–Crippen MR) is 230 cm³/mol. The Kier molecular flexibility index (Phi) is 14.6. The number of hydrazone groups is 1. The van der Waals surface area contributed by atoms with E-state index in [-0.39, 0.29) is 44.5 Å². The maximum absolute atomic E-state index is 14.5. The lowest BCUT2D eigenvalue weighted by Gasteiger charge is -2.38. The molecule has 1 amide bonds. The second kappa shape index (κ2) is 19.1. The van der Waals surface area contributed by atoms with E-state index in [0.29, 0.717) is 32.7 Å². The van der Waals surface area contributed by atoms with Crippen molar-refractivity contribution < 1.29 is 58.9 Å².